The summed E-state index contributed by atoms with van der Waals surface area (Å²) in [6.45, 7) is 7.71. The molecule has 4 heterocycles. The Hall–Kier alpha value is -7.04. The van der Waals surface area contributed by atoms with Gasteiger partial charge in [-0.1, -0.05) is 122 Å². The van der Waals surface area contributed by atoms with E-state index in [9.17, 15) is 0 Å². The summed E-state index contributed by atoms with van der Waals surface area (Å²) in [7, 11) is 0. The van der Waals surface area contributed by atoms with E-state index < -0.39 is 0 Å². The van der Waals surface area contributed by atoms with Gasteiger partial charge in [-0.05, 0) is 101 Å². The van der Waals surface area contributed by atoms with Gasteiger partial charge in [0.05, 0.1) is 11.4 Å². The standard InChI is InChI=1S/C51H40N4/c1-3-36(4-2)34-54-48-16-10-8-14-42(48)44-30-37(22-24-50(44)54)18-20-39-26-28-52-46(32-39)47-33-40(27-29-53-47)21-19-38-23-25-51-45(31-38)43-15-9-11-17-49(43)55(51)35-41-12-6-5-7-13-41/h3-33H,1,34-35H2,2H3. The molecule has 0 N–H and O–H groups in total. The molecule has 4 nitrogen and oxygen atoms in total. The first-order valence-electron chi connectivity index (χ1n) is 18.8. The summed E-state index contributed by atoms with van der Waals surface area (Å²) in [4.78, 5) is 9.40. The van der Waals surface area contributed by atoms with Crippen molar-refractivity contribution in [3.8, 4) is 11.4 Å². The third-order valence-corrected chi connectivity index (χ3v) is 10.5. The molecule has 0 spiro atoms. The number of allylic oxidation sites excluding steroid dienone is 3. The molecule has 0 saturated heterocycles. The number of para-hydroxylation sites is 2. The van der Waals surface area contributed by atoms with E-state index in [-0.39, 0.29) is 0 Å². The molecule has 0 atom stereocenters. The molecule has 0 aliphatic rings. The van der Waals surface area contributed by atoms with E-state index in [2.05, 4.69) is 180 Å². The van der Waals surface area contributed by atoms with Crippen molar-refractivity contribution in [2.75, 3.05) is 0 Å². The number of hydrogen-bond acceptors (Lipinski definition) is 2. The van der Waals surface area contributed by atoms with Crippen LogP contribution in [0.4, 0.5) is 0 Å². The van der Waals surface area contributed by atoms with Crippen molar-refractivity contribution in [2.45, 2.75) is 20.0 Å². The highest BCUT2D eigenvalue weighted by atomic mass is 15.0. The molecule has 4 heteroatoms. The lowest BCUT2D eigenvalue weighted by molar-refractivity contribution is 0.867. The molecule has 0 bridgehead atoms. The summed E-state index contributed by atoms with van der Waals surface area (Å²) in [5, 5.41) is 5.03. The molecule has 0 aliphatic carbocycles. The van der Waals surface area contributed by atoms with Gasteiger partial charge in [-0.15, -0.1) is 0 Å². The number of pyridine rings is 2. The lowest BCUT2D eigenvalue weighted by atomic mass is 10.1. The SMILES string of the molecule is C=CC(=CC)Cn1c2ccccc2c2cc(C=Cc3ccnc(-c4cc(C=Cc5ccc6c(c5)c5ccccc5n6Cc5ccccc5)ccn4)c3)ccc21. The highest BCUT2D eigenvalue weighted by molar-refractivity contribution is 6.10. The molecule has 0 unspecified atom stereocenters. The summed E-state index contributed by atoms with van der Waals surface area (Å²) < 4.78 is 4.80. The Balaban J connectivity index is 0.963. The number of hydrogen-bond donors (Lipinski definition) is 0. The van der Waals surface area contributed by atoms with Gasteiger partial charge in [0.1, 0.15) is 0 Å². The molecule has 0 fully saturated rings. The van der Waals surface area contributed by atoms with Crippen molar-refractivity contribution >= 4 is 67.9 Å². The van der Waals surface area contributed by atoms with Crippen LogP contribution in [0.15, 0.2) is 176 Å². The zero-order valence-corrected chi connectivity index (χ0v) is 30.8. The highest BCUT2D eigenvalue weighted by Crippen LogP contribution is 2.33. The molecule has 9 aromatic rings. The fourth-order valence-corrected chi connectivity index (χ4v) is 7.68. The van der Waals surface area contributed by atoms with E-state index in [0.29, 0.717) is 0 Å². The Morgan fingerprint density at radius 1 is 0.509 bits per heavy atom. The van der Waals surface area contributed by atoms with Crippen LogP contribution in [0.25, 0.3) is 79.3 Å². The van der Waals surface area contributed by atoms with Crippen molar-refractivity contribution in [3.63, 3.8) is 0 Å². The molecule has 55 heavy (non-hydrogen) atoms. The topological polar surface area (TPSA) is 35.6 Å². The van der Waals surface area contributed by atoms with Gasteiger partial charge >= 0.3 is 0 Å². The van der Waals surface area contributed by atoms with Crippen LogP contribution in [0.1, 0.15) is 34.7 Å². The Morgan fingerprint density at radius 2 is 0.982 bits per heavy atom. The van der Waals surface area contributed by atoms with Crippen LogP contribution in [0.2, 0.25) is 0 Å². The van der Waals surface area contributed by atoms with Crippen molar-refractivity contribution in [1.29, 1.82) is 0 Å². The summed E-state index contributed by atoms with van der Waals surface area (Å²) in [6.07, 6.45) is 16.5. The molecule has 5 aromatic carbocycles. The number of rotatable bonds is 10. The first-order chi connectivity index (χ1) is 27.1. The monoisotopic (exact) mass is 708 g/mol. The van der Waals surface area contributed by atoms with Crippen LogP contribution < -0.4 is 0 Å². The zero-order valence-electron chi connectivity index (χ0n) is 30.8. The summed E-state index contributed by atoms with van der Waals surface area (Å²) in [5.41, 5.74) is 13.5. The van der Waals surface area contributed by atoms with Gasteiger partial charge in [-0.2, -0.15) is 0 Å². The predicted molar refractivity (Wildman–Crippen MR) is 234 cm³/mol. The number of nitrogens with zero attached hydrogens (tertiary/aromatic N) is 4. The average Bonchev–Trinajstić information content (AvgIpc) is 3.72. The average molecular weight is 709 g/mol. The maximum absolute atomic E-state index is 4.70. The molecule has 9 rings (SSSR count). The molecular weight excluding hydrogens is 669 g/mol. The van der Waals surface area contributed by atoms with Crippen molar-refractivity contribution in [1.82, 2.24) is 19.1 Å². The lowest BCUT2D eigenvalue weighted by Gasteiger charge is -2.08. The Labute approximate surface area is 321 Å². The van der Waals surface area contributed by atoms with Gasteiger partial charge < -0.3 is 9.13 Å². The van der Waals surface area contributed by atoms with Crippen molar-refractivity contribution in [2.24, 2.45) is 0 Å². The highest BCUT2D eigenvalue weighted by Gasteiger charge is 2.13. The molecule has 4 aromatic heterocycles. The second-order valence-electron chi connectivity index (χ2n) is 13.9. The summed E-state index contributed by atoms with van der Waals surface area (Å²) >= 11 is 0. The molecular formula is C51H40N4. The molecule has 264 valence electrons. The van der Waals surface area contributed by atoms with Gasteiger partial charge in [0.2, 0.25) is 0 Å². The Kier molecular flexibility index (Phi) is 9.07. The normalized spacial score (nSPS) is 12.3. The molecule has 0 radical (unpaired) electrons. The van der Waals surface area contributed by atoms with Gasteiger partial charge in [-0.25, -0.2) is 0 Å². The second kappa shape index (κ2) is 14.8. The fraction of sp³-hybridized carbons (Fsp3) is 0.0588. The van der Waals surface area contributed by atoms with Gasteiger partial charge in [0, 0.05) is 69.1 Å². The maximum atomic E-state index is 4.70. The van der Waals surface area contributed by atoms with E-state index in [1.807, 2.05) is 30.6 Å². The third kappa shape index (κ3) is 6.71. The molecule has 0 saturated carbocycles. The van der Waals surface area contributed by atoms with E-state index in [4.69, 9.17) is 9.97 Å². The number of aromatic nitrogens is 4. The van der Waals surface area contributed by atoms with Crippen LogP contribution in [-0.4, -0.2) is 19.1 Å². The quantitative estimate of drug-likeness (QED) is 0.133. The van der Waals surface area contributed by atoms with E-state index in [1.54, 1.807) is 0 Å². The van der Waals surface area contributed by atoms with Gasteiger partial charge in [0.15, 0.2) is 0 Å². The minimum atomic E-state index is 0.793. The van der Waals surface area contributed by atoms with Crippen molar-refractivity contribution in [3.05, 3.63) is 204 Å². The number of benzene rings is 5. The number of fused-ring (bicyclic) bond motifs is 6. The molecule has 0 amide bonds. The first-order valence-corrected chi connectivity index (χ1v) is 18.8. The van der Waals surface area contributed by atoms with E-state index >= 15 is 0 Å². The smallest absolute Gasteiger partial charge is 0.0892 e. The summed E-state index contributed by atoms with van der Waals surface area (Å²) in [6, 6.07) is 49.7. The zero-order chi connectivity index (χ0) is 37.1. The van der Waals surface area contributed by atoms with Gasteiger partial charge in [-0.3, -0.25) is 9.97 Å². The fourth-order valence-electron chi connectivity index (χ4n) is 7.68. The second-order valence-corrected chi connectivity index (χ2v) is 13.9. The van der Waals surface area contributed by atoms with E-state index in [0.717, 1.165) is 46.7 Å². The summed E-state index contributed by atoms with van der Waals surface area (Å²) in [5.74, 6) is 0. The van der Waals surface area contributed by atoms with Gasteiger partial charge in [0.25, 0.3) is 0 Å². The van der Waals surface area contributed by atoms with Crippen LogP contribution in [0, 0.1) is 0 Å². The minimum Gasteiger partial charge on any atom is -0.336 e. The van der Waals surface area contributed by atoms with Crippen LogP contribution in [0.3, 0.4) is 0 Å². The lowest BCUT2D eigenvalue weighted by Crippen LogP contribution is -1.99. The van der Waals surface area contributed by atoms with Crippen LogP contribution in [-0.2, 0) is 13.1 Å². The maximum Gasteiger partial charge on any atom is 0.0892 e. The largest absolute Gasteiger partial charge is 0.336 e. The molecule has 0 aliphatic heterocycles. The Bertz CT molecular complexity index is 2950. The minimum absolute atomic E-state index is 0.793. The van der Waals surface area contributed by atoms with Crippen LogP contribution >= 0.6 is 0 Å². The third-order valence-electron chi connectivity index (χ3n) is 10.5. The predicted octanol–water partition coefficient (Wildman–Crippen LogP) is 12.9. The van der Waals surface area contributed by atoms with E-state index in [1.165, 1.54) is 54.7 Å². The van der Waals surface area contributed by atoms with Crippen LogP contribution in [0.5, 0.6) is 0 Å². The Morgan fingerprint density at radius 3 is 1.53 bits per heavy atom. The van der Waals surface area contributed by atoms with Crippen molar-refractivity contribution < 1.29 is 0 Å². The first kappa shape index (κ1) is 33.8.